The lowest BCUT2D eigenvalue weighted by Gasteiger charge is -2.42. The molecule has 1 N–H and O–H groups in total. The van der Waals surface area contributed by atoms with E-state index >= 15 is 0 Å². The van der Waals surface area contributed by atoms with Crippen molar-refractivity contribution in [1.29, 1.82) is 0 Å². The predicted molar refractivity (Wildman–Crippen MR) is 115 cm³/mol. The highest BCUT2D eigenvalue weighted by atomic mass is 16.4. The van der Waals surface area contributed by atoms with Crippen LogP contribution in [0.25, 0.3) is 5.57 Å². The zero-order valence-electron chi connectivity index (χ0n) is 16.4. The summed E-state index contributed by atoms with van der Waals surface area (Å²) in [6.45, 7) is 15.8. The van der Waals surface area contributed by atoms with Gasteiger partial charge in [-0.3, -0.25) is 0 Å². The lowest BCUT2D eigenvalue weighted by atomic mass is 9.62. The zero-order valence-corrected chi connectivity index (χ0v) is 16.4. The largest absolute Gasteiger partial charge is 0.478 e. The summed E-state index contributed by atoms with van der Waals surface area (Å²) in [5.41, 5.74) is 7.79. The maximum atomic E-state index is 11.1. The quantitative estimate of drug-likeness (QED) is 0.655. The molecule has 2 heteroatoms. The lowest BCUT2D eigenvalue weighted by Crippen LogP contribution is -2.34. The van der Waals surface area contributed by atoms with Crippen molar-refractivity contribution in [1.82, 2.24) is 0 Å². The maximum Gasteiger partial charge on any atom is 0.335 e. The molecule has 1 aliphatic carbocycles. The zero-order chi connectivity index (χ0) is 19.3. The third kappa shape index (κ3) is 3.71. The fourth-order valence-corrected chi connectivity index (χ4v) is 4.02. The summed E-state index contributed by atoms with van der Waals surface area (Å²) in [4.78, 5) is 11.1. The van der Waals surface area contributed by atoms with Crippen LogP contribution in [-0.2, 0) is 10.8 Å². The molecule has 144 valence electrons. The van der Waals surface area contributed by atoms with E-state index in [4.69, 9.17) is 5.11 Å². The summed E-state index contributed by atoms with van der Waals surface area (Å²) in [6.07, 6.45) is 2.37. The van der Waals surface area contributed by atoms with E-state index in [0.717, 1.165) is 16.7 Å². The third-order valence-corrected chi connectivity index (χ3v) is 6.00. The molecule has 27 heavy (non-hydrogen) atoms. The minimum Gasteiger partial charge on any atom is -0.478 e. The fourth-order valence-electron chi connectivity index (χ4n) is 4.02. The standard InChI is InChI=1S/C24H28O2.CH4/c1-15-13-20-21(24(5,6)12-11-23(20,3)4)14-19(15)16(2)17-7-9-18(10-8-17)22(25)26;/h7-10,13-14H,2,11-12H2,1,3-6H3,(H,25,26);1H4. The molecule has 1 aliphatic rings. The average molecular weight is 365 g/mol. The highest BCUT2D eigenvalue weighted by Gasteiger charge is 2.37. The Kier molecular flexibility index (Phi) is 5.43. The van der Waals surface area contributed by atoms with Gasteiger partial charge in [0.25, 0.3) is 0 Å². The number of hydrogen-bond donors (Lipinski definition) is 1. The second kappa shape index (κ2) is 6.99. The van der Waals surface area contributed by atoms with Crippen LogP contribution in [0, 0.1) is 6.92 Å². The number of carboxylic acid groups (broad SMARTS) is 1. The van der Waals surface area contributed by atoms with Crippen molar-refractivity contribution in [3.63, 3.8) is 0 Å². The van der Waals surface area contributed by atoms with Crippen LogP contribution in [0.2, 0.25) is 0 Å². The smallest absolute Gasteiger partial charge is 0.335 e. The topological polar surface area (TPSA) is 37.3 Å². The van der Waals surface area contributed by atoms with Crippen molar-refractivity contribution >= 4 is 11.5 Å². The van der Waals surface area contributed by atoms with Gasteiger partial charge < -0.3 is 5.11 Å². The number of rotatable bonds is 3. The Bertz CT molecular complexity index is 883. The van der Waals surface area contributed by atoms with E-state index in [-0.39, 0.29) is 18.3 Å². The Morgan fingerprint density at radius 3 is 1.85 bits per heavy atom. The number of hydrogen-bond acceptors (Lipinski definition) is 1. The summed E-state index contributed by atoms with van der Waals surface area (Å²) in [5.74, 6) is -0.906. The van der Waals surface area contributed by atoms with E-state index in [9.17, 15) is 4.79 Å². The molecule has 2 nitrogen and oxygen atoms in total. The van der Waals surface area contributed by atoms with Gasteiger partial charge in [0.1, 0.15) is 0 Å². The van der Waals surface area contributed by atoms with Gasteiger partial charge >= 0.3 is 5.97 Å². The Morgan fingerprint density at radius 2 is 1.37 bits per heavy atom. The summed E-state index contributed by atoms with van der Waals surface area (Å²) in [7, 11) is 0. The molecule has 2 aromatic rings. The van der Waals surface area contributed by atoms with Crippen molar-refractivity contribution in [2.75, 3.05) is 0 Å². The van der Waals surface area contributed by atoms with E-state index in [1.54, 1.807) is 12.1 Å². The fraction of sp³-hybridized carbons (Fsp3) is 0.400. The van der Waals surface area contributed by atoms with Gasteiger partial charge in [-0.2, -0.15) is 0 Å². The highest BCUT2D eigenvalue weighted by molar-refractivity contribution is 5.89. The van der Waals surface area contributed by atoms with Crippen molar-refractivity contribution in [2.24, 2.45) is 0 Å². The summed E-state index contributed by atoms with van der Waals surface area (Å²) >= 11 is 0. The van der Waals surface area contributed by atoms with Gasteiger partial charge in [-0.15, -0.1) is 0 Å². The lowest BCUT2D eigenvalue weighted by molar-refractivity contribution is 0.0697. The summed E-state index contributed by atoms with van der Waals surface area (Å²) in [5, 5.41) is 9.09. The Morgan fingerprint density at radius 1 is 0.926 bits per heavy atom. The first-order valence-corrected chi connectivity index (χ1v) is 9.21. The monoisotopic (exact) mass is 364 g/mol. The van der Waals surface area contributed by atoms with Crippen molar-refractivity contribution in [3.05, 3.63) is 76.4 Å². The first kappa shape index (κ1) is 21.0. The number of fused-ring (bicyclic) bond motifs is 1. The van der Waals surface area contributed by atoms with E-state index < -0.39 is 5.97 Å². The molecule has 0 aliphatic heterocycles. The minimum atomic E-state index is -0.906. The van der Waals surface area contributed by atoms with Gasteiger partial charge in [-0.25, -0.2) is 4.79 Å². The van der Waals surface area contributed by atoms with Crippen LogP contribution in [0.15, 0.2) is 43.0 Å². The second-order valence-corrected chi connectivity index (χ2v) is 8.84. The number of benzene rings is 2. The molecular weight excluding hydrogens is 332 g/mol. The molecule has 0 saturated carbocycles. The van der Waals surface area contributed by atoms with Gasteiger partial charge in [0.05, 0.1) is 5.56 Å². The normalized spacial score (nSPS) is 16.8. The summed E-state index contributed by atoms with van der Waals surface area (Å²) in [6, 6.07) is 11.6. The molecule has 0 amide bonds. The molecule has 0 heterocycles. The van der Waals surface area contributed by atoms with Crippen molar-refractivity contribution in [2.45, 2.75) is 65.7 Å². The van der Waals surface area contributed by atoms with Gasteiger partial charge in [-0.05, 0) is 76.1 Å². The molecule has 0 fully saturated rings. The average Bonchev–Trinajstić information content (AvgIpc) is 2.58. The van der Waals surface area contributed by atoms with Crippen LogP contribution >= 0.6 is 0 Å². The predicted octanol–water partition coefficient (Wildman–Crippen LogP) is 6.74. The molecule has 0 radical (unpaired) electrons. The van der Waals surface area contributed by atoms with Crippen LogP contribution in [0.3, 0.4) is 0 Å². The highest BCUT2D eigenvalue weighted by Crippen LogP contribution is 2.47. The molecule has 0 atom stereocenters. The first-order valence-electron chi connectivity index (χ1n) is 9.21. The number of aromatic carboxylic acids is 1. The van der Waals surface area contributed by atoms with Crippen LogP contribution < -0.4 is 0 Å². The molecule has 0 saturated heterocycles. The molecule has 3 rings (SSSR count). The SMILES string of the molecule is C.C=C(c1ccc(C(=O)O)cc1)c1cc2c(cc1C)C(C)(C)CCC2(C)C. The molecule has 0 unspecified atom stereocenters. The summed E-state index contributed by atoms with van der Waals surface area (Å²) < 4.78 is 0. The van der Waals surface area contributed by atoms with Gasteiger partial charge in [0.15, 0.2) is 0 Å². The first-order chi connectivity index (χ1) is 12.0. The molecule has 0 bridgehead atoms. The molecule has 0 aromatic heterocycles. The number of carboxylic acids is 1. The second-order valence-electron chi connectivity index (χ2n) is 8.84. The molecule has 0 spiro atoms. The van der Waals surface area contributed by atoms with Crippen molar-refractivity contribution < 1.29 is 9.90 Å². The third-order valence-electron chi connectivity index (χ3n) is 6.00. The Balaban J connectivity index is 0.00000261. The molecule has 2 aromatic carbocycles. The van der Waals surface area contributed by atoms with E-state index in [0.29, 0.717) is 5.56 Å². The maximum absolute atomic E-state index is 11.1. The van der Waals surface area contributed by atoms with Crippen molar-refractivity contribution in [3.8, 4) is 0 Å². The van der Waals surface area contributed by atoms with Crippen LogP contribution in [0.4, 0.5) is 0 Å². The van der Waals surface area contributed by atoms with Gasteiger partial charge in [0.2, 0.25) is 0 Å². The van der Waals surface area contributed by atoms with E-state index in [1.165, 1.54) is 29.5 Å². The Labute approximate surface area is 163 Å². The van der Waals surface area contributed by atoms with Crippen LogP contribution in [0.1, 0.15) is 86.1 Å². The van der Waals surface area contributed by atoms with Crippen LogP contribution in [0.5, 0.6) is 0 Å². The Hall–Kier alpha value is -2.35. The van der Waals surface area contributed by atoms with E-state index in [1.807, 2.05) is 12.1 Å². The number of aryl methyl sites for hydroxylation is 1. The number of carbonyl (C=O) groups is 1. The molecular formula is C25H32O2. The van der Waals surface area contributed by atoms with Gasteiger partial charge in [-0.1, -0.05) is 66.0 Å². The van der Waals surface area contributed by atoms with E-state index in [2.05, 4.69) is 53.3 Å². The van der Waals surface area contributed by atoms with Crippen LogP contribution in [-0.4, -0.2) is 11.1 Å². The minimum absolute atomic E-state index is 0. The van der Waals surface area contributed by atoms with Gasteiger partial charge in [0, 0.05) is 0 Å².